The highest BCUT2D eigenvalue weighted by molar-refractivity contribution is 5.73. The first-order valence-electron chi connectivity index (χ1n) is 22.9. The summed E-state index contributed by atoms with van der Waals surface area (Å²) in [5, 5.41) is 197. The summed E-state index contributed by atoms with van der Waals surface area (Å²) in [6.45, 7) is -2.94. The van der Waals surface area contributed by atoms with Gasteiger partial charge in [-0.2, -0.15) is 0 Å². The van der Waals surface area contributed by atoms with Gasteiger partial charge in [0.25, 0.3) is 0 Å². The predicted molar refractivity (Wildman–Crippen MR) is 223 cm³/mol. The fourth-order valence-corrected chi connectivity index (χ4v) is 8.82. The van der Waals surface area contributed by atoms with Crippen LogP contribution in [0.25, 0.3) is 0 Å². The molecule has 20 N–H and O–H groups in total. The molecule has 0 aliphatic carbocycles. The van der Waals surface area contributed by atoms with E-state index < -0.39 is 229 Å². The van der Waals surface area contributed by atoms with E-state index in [1.54, 1.807) is 0 Å². The van der Waals surface area contributed by atoms with E-state index in [9.17, 15) is 102 Å². The van der Waals surface area contributed by atoms with Crippen molar-refractivity contribution >= 4 is 11.8 Å². The minimum atomic E-state index is -2.31. The van der Waals surface area contributed by atoms with Crippen LogP contribution in [-0.4, -0.2) is 321 Å². The topological polar surface area (TPSA) is 515 Å². The van der Waals surface area contributed by atoms with Gasteiger partial charge in [0.1, 0.15) is 134 Å². The fourth-order valence-electron chi connectivity index (χ4n) is 8.82. The fraction of sp³-hybridized carbons (Fsp3) is 0.950. The van der Waals surface area contributed by atoms with Gasteiger partial charge in [0.2, 0.25) is 11.8 Å². The molecule has 0 saturated carbocycles. The second-order valence-corrected chi connectivity index (χ2v) is 18.0. The predicted octanol–water partition coefficient (Wildman–Crippen LogP) is -13.1. The van der Waals surface area contributed by atoms with Gasteiger partial charge in [0, 0.05) is 13.8 Å². The standard InChI is InChI=1S/C40H70N2O30/c1-10-20(52)26(58)28(60)37(63-10)72-35-34(71-36-19(42-12(3)50)32(23(55)16(7-46)64-36)69-38-29(61)27(59)22(54)15(6-45)65-38)25(57)18(9-48)67-40(35)70-33-24(56)17(8-47)66-39(30(33)62)68-31(21(53)14(51)5-44)13(4-43)41-11(2)49/h10,13-40,43-48,51-62H,4-9H2,1-3H3,(H,41,49)(H,42,50)/t10-,13-,14+,15+,16+,17+,18+,19+,20+,21-,22-,23-,24-,25-,26+,27-,28-,29+,30+,31+,32+,33-,34-,35+,36+,37-,38+,39-,40-/m0/s1. The molecule has 0 aromatic rings. The zero-order valence-corrected chi connectivity index (χ0v) is 38.9. The largest absolute Gasteiger partial charge is 0.394 e. The molecule has 29 atom stereocenters. The van der Waals surface area contributed by atoms with Crippen LogP contribution in [0.5, 0.6) is 0 Å². The molecular weight excluding hydrogens is 988 g/mol. The quantitative estimate of drug-likeness (QED) is 0.0507. The SMILES string of the molecule is CC(=O)N[C@H]1[C@@H](O[C@H]2[C@@H](O)[C@@H](CO)O[C@@H](O[C@H]3[C@@H](O)[C@@H](CO)O[C@@H](O[C@@H]([C@@H](O)[C@H](O)CO)[C@H](CO)NC(C)=O)[C@@H]3O)[C@@H]2O[C@@H]2O[C@@H](C)[C@@H](O)[C@@H](O)[C@@H]2O)O[C@H](CO)[C@H](O)[C@@H]1O[C@H]1O[C@H](CO)[C@H](O)[C@H](O)[C@H]1O. The second-order valence-electron chi connectivity index (χ2n) is 18.0. The van der Waals surface area contributed by atoms with Gasteiger partial charge in [0.05, 0.1) is 51.8 Å². The number of hydrogen-bond acceptors (Lipinski definition) is 30. The highest BCUT2D eigenvalue weighted by atomic mass is 16.8. The highest BCUT2D eigenvalue weighted by Crippen LogP contribution is 2.38. The Labute approximate surface area is 409 Å². The third-order valence-electron chi connectivity index (χ3n) is 12.9. The molecule has 0 aromatic carbocycles. The number of aliphatic hydroxyl groups is 18. The van der Waals surface area contributed by atoms with E-state index in [0.717, 1.165) is 13.8 Å². The molecule has 5 fully saturated rings. The van der Waals surface area contributed by atoms with Crippen LogP contribution in [0.1, 0.15) is 20.8 Å². The summed E-state index contributed by atoms with van der Waals surface area (Å²) in [5.41, 5.74) is 0. The second kappa shape index (κ2) is 26.7. The molecule has 5 saturated heterocycles. The van der Waals surface area contributed by atoms with Crippen molar-refractivity contribution in [3.8, 4) is 0 Å². The minimum Gasteiger partial charge on any atom is -0.394 e. The first-order valence-corrected chi connectivity index (χ1v) is 22.9. The van der Waals surface area contributed by atoms with Gasteiger partial charge >= 0.3 is 0 Å². The van der Waals surface area contributed by atoms with Crippen LogP contribution in [0, 0.1) is 0 Å². The van der Waals surface area contributed by atoms with E-state index in [0.29, 0.717) is 0 Å². The van der Waals surface area contributed by atoms with Crippen LogP contribution in [0.2, 0.25) is 0 Å². The average molecular weight is 1060 g/mol. The number of ether oxygens (including phenoxy) is 10. The zero-order valence-electron chi connectivity index (χ0n) is 38.9. The first-order chi connectivity index (χ1) is 34.0. The lowest BCUT2D eigenvalue weighted by molar-refractivity contribution is -0.405. The van der Waals surface area contributed by atoms with Gasteiger partial charge in [-0.15, -0.1) is 0 Å². The van der Waals surface area contributed by atoms with Crippen LogP contribution < -0.4 is 10.6 Å². The van der Waals surface area contributed by atoms with Crippen LogP contribution in [-0.2, 0) is 57.0 Å². The van der Waals surface area contributed by atoms with Gasteiger partial charge in [-0.05, 0) is 6.92 Å². The van der Waals surface area contributed by atoms with Crippen LogP contribution >= 0.6 is 0 Å². The van der Waals surface area contributed by atoms with E-state index in [1.807, 2.05) is 0 Å². The smallest absolute Gasteiger partial charge is 0.217 e. The summed E-state index contributed by atoms with van der Waals surface area (Å²) in [6.07, 6.45) is -53.5. The van der Waals surface area contributed by atoms with Gasteiger partial charge in [-0.25, -0.2) is 0 Å². The lowest BCUT2D eigenvalue weighted by atomic mass is 9.94. The number of aliphatic hydroxyl groups excluding tert-OH is 18. The van der Waals surface area contributed by atoms with Crippen molar-refractivity contribution in [2.45, 2.75) is 199 Å². The Balaban J connectivity index is 1.57. The molecule has 0 aromatic heterocycles. The van der Waals surface area contributed by atoms with Crippen LogP contribution in [0.15, 0.2) is 0 Å². The molecule has 0 spiro atoms. The maximum Gasteiger partial charge on any atom is 0.217 e. The molecule has 32 nitrogen and oxygen atoms in total. The number of hydrogen-bond donors (Lipinski definition) is 20. The number of carbonyl (C=O) groups is 2. The molecule has 0 unspecified atom stereocenters. The molecule has 72 heavy (non-hydrogen) atoms. The summed E-state index contributed by atoms with van der Waals surface area (Å²) in [4.78, 5) is 24.8. The Morgan fingerprint density at radius 3 is 1.44 bits per heavy atom. The summed E-state index contributed by atoms with van der Waals surface area (Å²) in [5.74, 6) is -1.67. The summed E-state index contributed by atoms with van der Waals surface area (Å²) in [6, 6.07) is -3.41. The average Bonchev–Trinajstić information content (AvgIpc) is 3.35. The van der Waals surface area contributed by atoms with Crippen molar-refractivity contribution in [2.75, 3.05) is 39.6 Å². The number of amides is 2. The molecule has 420 valence electrons. The third kappa shape index (κ3) is 13.5. The van der Waals surface area contributed by atoms with Crippen molar-refractivity contribution in [2.24, 2.45) is 0 Å². The van der Waals surface area contributed by atoms with Gasteiger partial charge in [0.15, 0.2) is 31.5 Å². The highest BCUT2D eigenvalue weighted by Gasteiger charge is 2.58. The van der Waals surface area contributed by atoms with E-state index in [4.69, 9.17) is 47.4 Å². The Hall–Kier alpha value is -2.18. The van der Waals surface area contributed by atoms with Gasteiger partial charge < -0.3 is 150 Å². The van der Waals surface area contributed by atoms with E-state index in [1.165, 1.54) is 6.92 Å². The monoisotopic (exact) mass is 1060 g/mol. The molecule has 0 bridgehead atoms. The van der Waals surface area contributed by atoms with Crippen molar-refractivity contribution in [1.29, 1.82) is 0 Å². The Kier molecular flexibility index (Phi) is 22.5. The lowest BCUT2D eigenvalue weighted by Crippen LogP contribution is -2.71. The van der Waals surface area contributed by atoms with Gasteiger partial charge in [-0.1, -0.05) is 0 Å². The maximum absolute atomic E-state index is 12.8. The zero-order chi connectivity index (χ0) is 53.6. The molecule has 32 heteroatoms. The van der Waals surface area contributed by atoms with Crippen molar-refractivity contribution in [3.05, 3.63) is 0 Å². The maximum atomic E-state index is 12.8. The molecule has 5 aliphatic heterocycles. The van der Waals surface area contributed by atoms with Gasteiger partial charge in [-0.3, -0.25) is 9.59 Å². The van der Waals surface area contributed by atoms with Crippen LogP contribution in [0.4, 0.5) is 0 Å². The van der Waals surface area contributed by atoms with E-state index in [2.05, 4.69) is 10.6 Å². The minimum absolute atomic E-state index is 0.786. The molecule has 5 aliphatic rings. The molecule has 2 amide bonds. The summed E-state index contributed by atoms with van der Waals surface area (Å²) >= 11 is 0. The summed E-state index contributed by atoms with van der Waals surface area (Å²) < 4.78 is 58.5. The number of rotatable bonds is 21. The lowest BCUT2D eigenvalue weighted by Gasteiger charge is -2.51. The Morgan fingerprint density at radius 2 is 0.917 bits per heavy atom. The van der Waals surface area contributed by atoms with Crippen molar-refractivity contribution in [3.63, 3.8) is 0 Å². The van der Waals surface area contributed by atoms with Crippen LogP contribution in [0.3, 0.4) is 0 Å². The van der Waals surface area contributed by atoms with E-state index in [-0.39, 0.29) is 0 Å². The molecule has 5 heterocycles. The molecule has 5 rings (SSSR count). The number of nitrogens with one attached hydrogen (secondary N) is 2. The molecule has 0 radical (unpaired) electrons. The Morgan fingerprint density at radius 1 is 0.472 bits per heavy atom. The Bertz CT molecular complexity index is 1680. The van der Waals surface area contributed by atoms with Crippen molar-refractivity contribution in [1.82, 2.24) is 10.6 Å². The summed E-state index contributed by atoms with van der Waals surface area (Å²) in [7, 11) is 0. The normalized spacial score (nSPS) is 45.7. The first kappa shape index (κ1) is 60.7. The van der Waals surface area contributed by atoms with Crippen molar-refractivity contribution < 1.29 is 149 Å². The van der Waals surface area contributed by atoms with E-state index >= 15 is 0 Å². The third-order valence-corrected chi connectivity index (χ3v) is 12.9. The number of carbonyl (C=O) groups excluding carboxylic acids is 2. The molecular formula is C40H70N2O30.